The summed E-state index contributed by atoms with van der Waals surface area (Å²) in [5.41, 5.74) is 7.80. The van der Waals surface area contributed by atoms with Gasteiger partial charge in [-0.3, -0.25) is 0 Å². The van der Waals surface area contributed by atoms with Gasteiger partial charge in [-0.2, -0.15) is 0 Å². The summed E-state index contributed by atoms with van der Waals surface area (Å²) in [4.78, 5) is 4.33. The van der Waals surface area contributed by atoms with Crippen LogP contribution in [-0.4, -0.2) is 15.2 Å². The van der Waals surface area contributed by atoms with E-state index in [1.807, 2.05) is 12.1 Å². The Morgan fingerprint density at radius 1 is 1.28 bits per heavy atom. The molecule has 1 aromatic carbocycles. The van der Waals surface area contributed by atoms with E-state index in [1.165, 1.54) is 11.8 Å². The summed E-state index contributed by atoms with van der Waals surface area (Å²) in [6.45, 7) is 1.75. The van der Waals surface area contributed by atoms with E-state index in [4.69, 9.17) is 14.6 Å². The maximum absolute atomic E-state index is 5.81. The van der Waals surface area contributed by atoms with Crippen LogP contribution in [0.25, 0.3) is 11.1 Å². The molecule has 3 aromatic rings. The summed E-state index contributed by atoms with van der Waals surface area (Å²) in [5, 5.41) is 8.13. The normalized spacial score (nSPS) is 11.2. The highest BCUT2D eigenvalue weighted by Gasteiger charge is 2.10. The molecule has 0 radical (unpaired) electrons. The van der Waals surface area contributed by atoms with Crippen molar-refractivity contribution in [2.75, 3.05) is 5.73 Å². The summed E-state index contributed by atoms with van der Waals surface area (Å²) >= 11 is 1.38. The summed E-state index contributed by atoms with van der Waals surface area (Å²) in [7, 11) is 0. The van der Waals surface area contributed by atoms with Crippen LogP contribution in [0.3, 0.4) is 0 Å². The van der Waals surface area contributed by atoms with Gasteiger partial charge in [-0.1, -0.05) is 17.8 Å². The number of anilines is 1. The molecule has 2 aromatic heterocycles. The fourth-order valence-electron chi connectivity index (χ4n) is 1.54. The van der Waals surface area contributed by atoms with Crippen LogP contribution in [-0.2, 0) is 5.75 Å². The number of aromatic nitrogens is 3. The molecule has 0 spiro atoms. The van der Waals surface area contributed by atoms with Gasteiger partial charge >= 0.3 is 0 Å². The number of hydrogen-bond donors (Lipinski definition) is 1. The van der Waals surface area contributed by atoms with Gasteiger partial charge in [0, 0.05) is 6.92 Å². The van der Waals surface area contributed by atoms with Crippen LogP contribution in [0.4, 0.5) is 5.69 Å². The molecule has 7 heteroatoms. The molecule has 0 amide bonds. The minimum atomic E-state index is 0.503. The molecule has 6 nitrogen and oxygen atoms in total. The zero-order valence-corrected chi connectivity index (χ0v) is 10.4. The first-order chi connectivity index (χ1) is 8.72. The maximum atomic E-state index is 5.81. The predicted octanol–water partition coefficient (Wildman–Crippen LogP) is 2.39. The van der Waals surface area contributed by atoms with Crippen molar-refractivity contribution in [3.8, 4) is 0 Å². The van der Waals surface area contributed by atoms with Crippen LogP contribution in [0.5, 0.6) is 0 Å². The number of aryl methyl sites for hydroxylation is 1. The molecule has 0 aliphatic heterocycles. The van der Waals surface area contributed by atoms with Crippen molar-refractivity contribution in [3.63, 3.8) is 0 Å². The molecule has 0 saturated heterocycles. The van der Waals surface area contributed by atoms with Crippen LogP contribution in [0.15, 0.2) is 32.3 Å². The van der Waals surface area contributed by atoms with E-state index in [9.17, 15) is 0 Å². The van der Waals surface area contributed by atoms with E-state index in [0.717, 1.165) is 0 Å². The third-order valence-corrected chi connectivity index (χ3v) is 3.12. The van der Waals surface area contributed by atoms with Crippen LogP contribution >= 0.6 is 11.8 Å². The molecule has 0 saturated carbocycles. The van der Waals surface area contributed by atoms with Crippen LogP contribution in [0.2, 0.25) is 0 Å². The molecule has 3 rings (SSSR count). The average molecular weight is 262 g/mol. The van der Waals surface area contributed by atoms with Crippen molar-refractivity contribution in [1.29, 1.82) is 0 Å². The largest absolute Gasteiger partial charge is 0.440 e. The van der Waals surface area contributed by atoms with Gasteiger partial charge in [0.05, 0.1) is 11.4 Å². The predicted molar refractivity (Wildman–Crippen MR) is 67.0 cm³/mol. The average Bonchev–Trinajstić information content (AvgIpc) is 2.93. The highest BCUT2D eigenvalue weighted by atomic mass is 32.2. The van der Waals surface area contributed by atoms with Gasteiger partial charge in [0.2, 0.25) is 11.8 Å². The summed E-state index contributed by atoms with van der Waals surface area (Å²) in [5.74, 6) is 1.65. The number of thioether (sulfide) groups is 1. The first kappa shape index (κ1) is 11.1. The summed E-state index contributed by atoms with van der Waals surface area (Å²) in [6, 6.07) is 5.47. The molecule has 0 fully saturated rings. The topological polar surface area (TPSA) is 91.0 Å². The minimum absolute atomic E-state index is 0.503. The molecular weight excluding hydrogens is 252 g/mol. The molecule has 92 valence electrons. The molecule has 0 aliphatic carbocycles. The smallest absolute Gasteiger partial charge is 0.277 e. The van der Waals surface area contributed by atoms with Crippen molar-refractivity contribution in [1.82, 2.24) is 15.2 Å². The lowest BCUT2D eigenvalue weighted by molar-refractivity contribution is 0.428. The molecule has 0 bridgehead atoms. The monoisotopic (exact) mass is 262 g/mol. The third-order valence-electron chi connectivity index (χ3n) is 2.32. The lowest BCUT2D eigenvalue weighted by Crippen LogP contribution is -1.85. The van der Waals surface area contributed by atoms with Gasteiger partial charge in [0.25, 0.3) is 5.22 Å². The zero-order valence-electron chi connectivity index (χ0n) is 9.58. The molecular formula is C11H10N4O2S. The highest BCUT2D eigenvalue weighted by molar-refractivity contribution is 7.98. The van der Waals surface area contributed by atoms with Crippen LogP contribution in [0, 0.1) is 6.92 Å². The van der Waals surface area contributed by atoms with E-state index < -0.39 is 0 Å². The Bertz CT molecular complexity index is 691. The molecule has 18 heavy (non-hydrogen) atoms. The second-order valence-electron chi connectivity index (χ2n) is 3.68. The van der Waals surface area contributed by atoms with Crippen molar-refractivity contribution in [2.45, 2.75) is 17.9 Å². The second-order valence-corrected chi connectivity index (χ2v) is 4.60. The Kier molecular flexibility index (Phi) is 2.67. The third kappa shape index (κ3) is 2.04. The van der Waals surface area contributed by atoms with Gasteiger partial charge in [0.1, 0.15) is 5.52 Å². The highest BCUT2D eigenvalue weighted by Crippen LogP contribution is 2.25. The van der Waals surface area contributed by atoms with E-state index in [2.05, 4.69) is 15.2 Å². The lowest BCUT2D eigenvalue weighted by Gasteiger charge is -1.89. The molecule has 0 atom stereocenters. The number of oxazole rings is 1. The SMILES string of the molecule is Cc1nnc(SCc2nc3c(N)cccc3o2)o1. The van der Waals surface area contributed by atoms with Crippen molar-refractivity contribution < 1.29 is 8.83 Å². The van der Waals surface area contributed by atoms with E-state index in [-0.39, 0.29) is 0 Å². The standard InChI is InChI=1S/C11H10N4O2S/c1-6-14-15-11(16-6)18-5-9-13-10-7(12)3-2-4-8(10)17-9/h2-4H,5,12H2,1H3. The first-order valence-corrected chi connectivity index (χ1v) is 6.28. The molecule has 2 heterocycles. The van der Waals surface area contributed by atoms with Crippen molar-refractivity contribution >= 4 is 28.5 Å². The summed E-state index contributed by atoms with van der Waals surface area (Å²) in [6.07, 6.45) is 0. The fourth-order valence-corrected chi connectivity index (χ4v) is 2.19. The van der Waals surface area contributed by atoms with E-state index in [1.54, 1.807) is 13.0 Å². The molecule has 0 aliphatic rings. The first-order valence-electron chi connectivity index (χ1n) is 5.29. The van der Waals surface area contributed by atoms with Crippen LogP contribution in [0.1, 0.15) is 11.8 Å². The number of fused-ring (bicyclic) bond motifs is 1. The zero-order chi connectivity index (χ0) is 12.5. The van der Waals surface area contributed by atoms with Gasteiger partial charge in [-0.25, -0.2) is 4.98 Å². The Labute approximate surface area is 107 Å². The lowest BCUT2D eigenvalue weighted by atomic mass is 10.3. The summed E-state index contributed by atoms with van der Waals surface area (Å²) < 4.78 is 10.8. The van der Waals surface area contributed by atoms with Crippen LogP contribution < -0.4 is 5.73 Å². The Morgan fingerprint density at radius 2 is 2.17 bits per heavy atom. The quantitative estimate of drug-likeness (QED) is 0.572. The molecule has 2 N–H and O–H groups in total. The van der Waals surface area contributed by atoms with Gasteiger partial charge in [-0.15, -0.1) is 10.2 Å². The maximum Gasteiger partial charge on any atom is 0.277 e. The number of benzene rings is 1. The van der Waals surface area contributed by atoms with Gasteiger partial charge in [-0.05, 0) is 12.1 Å². The van der Waals surface area contributed by atoms with E-state index in [0.29, 0.717) is 39.5 Å². The molecule has 0 unspecified atom stereocenters. The number of para-hydroxylation sites is 1. The Morgan fingerprint density at radius 3 is 2.89 bits per heavy atom. The fraction of sp³-hybridized carbons (Fsp3) is 0.182. The number of nitrogen functional groups attached to an aromatic ring is 1. The number of rotatable bonds is 3. The van der Waals surface area contributed by atoms with Gasteiger partial charge in [0.15, 0.2) is 5.58 Å². The minimum Gasteiger partial charge on any atom is -0.440 e. The second kappa shape index (κ2) is 4.34. The van der Waals surface area contributed by atoms with E-state index >= 15 is 0 Å². The van der Waals surface area contributed by atoms with Crippen molar-refractivity contribution in [3.05, 3.63) is 30.0 Å². The number of nitrogens with zero attached hydrogens (tertiary/aromatic N) is 3. The Balaban J connectivity index is 1.81. The Hall–Kier alpha value is -2.02. The number of hydrogen-bond acceptors (Lipinski definition) is 7. The van der Waals surface area contributed by atoms with Crippen molar-refractivity contribution in [2.24, 2.45) is 0 Å². The van der Waals surface area contributed by atoms with Gasteiger partial charge < -0.3 is 14.6 Å². The number of nitrogens with two attached hydrogens (primary N) is 1.